The van der Waals surface area contributed by atoms with Crippen molar-refractivity contribution in [1.82, 2.24) is 5.32 Å². The monoisotopic (exact) mass is 405 g/mol. The van der Waals surface area contributed by atoms with Gasteiger partial charge < -0.3 is 14.8 Å². The van der Waals surface area contributed by atoms with E-state index in [2.05, 4.69) is 83.3 Å². The summed E-state index contributed by atoms with van der Waals surface area (Å²) < 4.78 is 11.5. The molecule has 0 saturated heterocycles. The SMILES string of the molecule is COc1cc(CNC(C)(C)CC(C)(C)C)ccc1OCc1cccc(C)c1.Cl. The Morgan fingerprint density at radius 1 is 0.893 bits per heavy atom. The van der Waals surface area contributed by atoms with E-state index in [4.69, 9.17) is 9.47 Å². The van der Waals surface area contributed by atoms with E-state index in [1.807, 2.05) is 6.07 Å². The molecule has 28 heavy (non-hydrogen) atoms. The van der Waals surface area contributed by atoms with Crippen LogP contribution in [0.1, 0.15) is 57.7 Å². The van der Waals surface area contributed by atoms with E-state index in [-0.39, 0.29) is 17.9 Å². The number of ether oxygens (including phenoxy) is 2. The third-order valence-electron chi connectivity index (χ3n) is 4.45. The molecule has 0 unspecified atom stereocenters. The number of hydrogen-bond donors (Lipinski definition) is 1. The predicted octanol–water partition coefficient (Wildman–Crippen LogP) is 6.31. The summed E-state index contributed by atoms with van der Waals surface area (Å²) in [6.07, 6.45) is 1.11. The smallest absolute Gasteiger partial charge is 0.161 e. The van der Waals surface area contributed by atoms with E-state index in [1.165, 1.54) is 11.1 Å². The van der Waals surface area contributed by atoms with Crippen LogP contribution in [0, 0.1) is 12.3 Å². The molecule has 0 heterocycles. The maximum Gasteiger partial charge on any atom is 0.161 e. The quantitative estimate of drug-likeness (QED) is 0.558. The van der Waals surface area contributed by atoms with Gasteiger partial charge in [-0.3, -0.25) is 0 Å². The molecule has 0 saturated carbocycles. The molecule has 1 N–H and O–H groups in total. The van der Waals surface area contributed by atoms with Crippen molar-refractivity contribution in [2.75, 3.05) is 7.11 Å². The van der Waals surface area contributed by atoms with Gasteiger partial charge in [-0.2, -0.15) is 0 Å². The number of benzene rings is 2. The molecule has 0 spiro atoms. The Bertz CT molecular complexity index is 751. The highest BCUT2D eigenvalue weighted by Crippen LogP contribution is 2.30. The largest absolute Gasteiger partial charge is 0.493 e. The van der Waals surface area contributed by atoms with Gasteiger partial charge in [-0.15, -0.1) is 12.4 Å². The first kappa shape index (κ1) is 24.3. The average molecular weight is 406 g/mol. The van der Waals surface area contributed by atoms with E-state index < -0.39 is 0 Å². The zero-order valence-corrected chi connectivity index (χ0v) is 19.2. The molecule has 2 rings (SSSR count). The lowest BCUT2D eigenvalue weighted by Gasteiger charge is -2.33. The lowest BCUT2D eigenvalue weighted by atomic mass is 9.82. The highest BCUT2D eigenvalue weighted by molar-refractivity contribution is 5.85. The molecule has 4 heteroatoms. The van der Waals surface area contributed by atoms with Crippen LogP contribution in [0.2, 0.25) is 0 Å². The van der Waals surface area contributed by atoms with Crippen molar-refractivity contribution in [2.24, 2.45) is 5.41 Å². The minimum Gasteiger partial charge on any atom is -0.493 e. The summed E-state index contributed by atoms with van der Waals surface area (Å²) in [6.45, 7) is 14.8. The van der Waals surface area contributed by atoms with Gasteiger partial charge in [0.2, 0.25) is 0 Å². The first-order valence-corrected chi connectivity index (χ1v) is 9.68. The maximum absolute atomic E-state index is 5.99. The van der Waals surface area contributed by atoms with Gasteiger partial charge in [0, 0.05) is 12.1 Å². The lowest BCUT2D eigenvalue weighted by Crippen LogP contribution is -2.41. The van der Waals surface area contributed by atoms with Gasteiger partial charge in [0.05, 0.1) is 7.11 Å². The Balaban J connectivity index is 0.00000392. The van der Waals surface area contributed by atoms with E-state index in [9.17, 15) is 0 Å². The van der Waals surface area contributed by atoms with Crippen molar-refractivity contribution in [3.8, 4) is 11.5 Å². The molecule has 0 fully saturated rings. The van der Waals surface area contributed by atoms with E-state index in [0.717, 1.165) is 30.0 Å². The highest BCUT2D eigenvalue weighted by atomic mass is 35.5. The summed E-state index contributed by atoms with van der Waals surface area (Å²) in [6, 6.07) is 14.5. The Morgan fingerprint density at radius 2 is 1.61 bits per heavy atom. The van der Waals surface area contributed by atoms with Gasteiger partial charge in [0.15, 0.2) is 11.5 Å². The molecule has 2 aromatic carbocycles. The zero-order valence-electron chi connectivity index (χ0n) is 18.4. The van der Waals surface area contributed by atoms with Crippen LogP contribution >= 0.6 is 12.4 Å². The standard InChI is InChI=1S/C24H35NO2.ClH/c1-18-9-8-10-20(13-18)16-27-21-12-11-19(14-22(21)26-7)15-25-24(5,6)17-23(2,3)4;/h8-14,25H,15-17H2,1-7H3;1H. The van der Waals surface area contributed by atoms with Crippen LogP contribution < -0.4 is 14.8 Å². The average Bonchev–Trinajstić information content (AvgIpc) is 2.56. The van der Waals surface area contributed by atoms with Crippen molar-refractivity contribution in [2.45, 2.75) is 66.7 Å². The fourth-order valence-corrected chi connectivity index (χ4v) is 3.63. The molecule has 0 amide bonds. The van der Waals surface area contributed by atoms with Crippen LogP contribution in [0.4, 0.5) is 0 Å². The first-order chi connectivity index (χ1) is 12.6. The number of halogens is 1. The summed E-state index contributed by atoms with van der Waals surface area (Å²) >= 11 is 0. The van der Waals surface area contributed by atoms with Crippen molar-refractivity contribution in [3.63, 3.8) is 0 Å². The molecule has 0 atom stereocenters. The van der Waals surface area contributed by atoms with Gasteiger partial charge >= 0.3 is 0 Å². The fraction of sp³-hybridized carbons (Fsp3) is 0.500. The second-order valence-electron chi connectivity index (χ2n) is 9.24. The van der Waals surface area contributed by atoms with Gasteiger partial charge in [0.1, 0.15) is 6.61 Å². The number of rotatable bonds is 8. The molecule has 3 nitrogen and oxygen atoms in total. The second-order valence-corrected chi connectivity index (χ2v) is 9.24. The van der Waals surface area contributed by atoms with Crippen LogP contribution in [-0.4, -0.2) is 12.6 Å². The molecule has 0 aliphatic heterocycles. The Morgan fingerprint density at radius 3 is 2.21 bits per heavy atom. The fourth-order valence-electron chi connectivity index (χ4n) is 3.63. The van der Waals surface area contributed by atoms with Crippen molar-refractivity contribution in [1.29, 1.82) is 0 Å². The molecule has 0 aromatic heterocycles. The molecule has 156 valence electrons. The summed E-state index contributed by atoms with van der Waals surface area (Å²) in [7, 11) is 1.69. The van der Waals surface area contributed by atoms with Crippen LogP contribution in [0.25, 0.3) is 0 Å². The van der Waals surface area contributed by atoms with Gasteiger partial charge in [-0.25, -0.2) is 0 Å². The molecule has 2 aromatic rings. The molecule has 0 bridgehead atoms. The second kappa shape index (κ2) is 10.2. The minimum atomic E-state index is 0. The molecule has 0 radical (unpaired) electrons. The number of aryl methyl sites for hydroxylation is 1. The highest BCUT2D eigenvalue weighted by Gasteiger charge is 2.24. The first-order valence-electron chi connectivity index (χ1n) is 9.68. The Hall–Kier alpha value is -1.71. The van der Waals surface area contributed by atoms with Crippen LogP contribution in [0.3, 0.4) is 0 Å². The topological polar surface area (TPSA) is 30.5 Å². The minimum absolute atomic E-state index is 0. The molecule has 0 aliphatic rings. The predicted molar refractivity (Wildman–Crippen MR) is 121 cm³/mol. The van der Waals surface area contributed by atoms with Crippen molar-refractivity contribution >= 4 is 12.4 Å². The third kappa shape index (κ3) is 8.12. The van der Waals surface area contributed by atoms with Crippen LogP contribution in [0.5, 0.6) is 11.5 Å². The van der Waals surface area contributed by atoms with Crippen molar-refractivity contribution in [3.05, 3.63) is 59.2 Å². The molecular weight excluding hydrogens is 370 g/mol. The molecular formula is C24H36ClNO2. The molecule has 0 aliphatic carbocycles. The van der Waals surface area contributed by atoms with Crippen LogP contribution in [-0.2, 0) is 13.2 Å². The number of hydrogen-bond acceptors (Lipinski definition) is 3. The summed E-state index contributed by atoms with van der Waals surface area (Å²) in [5.41, 5.74) is 3.96. The van der Waals surface area contributed by atoms with Crippen molar-refractivity contribution < 1.29 is 9.47 Å². The normalized spacial score (nSPS) is 11.7. The summed E-state index contributed by atoms with van der Waals surface area (Å²) in [5, 5.41) is 3.67. The van der Waals surface area contributed by atoms with Gasteiger partial charge in [-0.1, -0.05) is 56.7 Å². The zero-order chi connectivity index (χ0) is 20.1. The summed E-state index contributed by atoms with van der Waals surface area (Å²) in [5.74, 6) is 1.55. The number of nitrogens with one attached hydrogen (secondary N) is 1. The van der Waals surface area contributed by atoms with E-state index in [1.54, 1.807) is 7.11 Å². The van der Waals surface area contributed by atoms with Crippen LogP contribution in [0.15, 0.2) is 42.5 Å². The number of methoxy groups -OCH3 is 1. The van der Waals surface area contributed by atoms with E-state index in [0.29, 0.717) is 12.0 Å². The van der Waals surface area contributed by atoms with Gasteiger partial charge in [-0.05, 0) is 55.9 Å². The van der Waals surface area contributed by atoms with E-state index >= 15 is 0 Å². The Labute approximate surface area is 177 Å². The maximum atomic E-state index is 5.99. The van der Waals surface area contributed by atoms with Gasteiger partial charge in [0.25, 0.3) is 0 Å². The Kier molecular flexibility index (Phi) is 8.84. The third-order valence-corrected chi connectivity index (χ3v) is 4.45. The lowest BCUT2D eigenvalue weighted by molar-refractivity contribution is 0.240. The summed E-state index contributed by atoms with van der Waals surface area (Å²) in [4.78, 5) is 0.